The van der Waals surface area contributed by atoms with Crippen molar-refractivity contribution < 1.29 is 19.5 Å². The van der Waals surface area contributed by atoms with Gasteiger partial charge in [0.15, 0.2) is 11.5 Å². The van der Waals surface area contributed by atoms with Crippen LogP contribution in [-0.2, 0) is 6.61 Å². The molecular weight excluding hydrogens is 262 g/mol. The van der Waals surface area contributed by atoms with Crippen molar-refractivity contribution >= 4 is 5.69 Å². The average Bonchev–Trinajstić information content (AvgIpc) is 2.47. The summed E-state index contributed by atoms with van der Waals surface area (Å²) in [6.07, 6.45) is 0. The Morgan fingerprint density at radius 3 is 2.55 bits per heavy atom. The van der Waals surface area contributed by atoms with Crippen molar-refractivity contribution in [3.05, 3.63) is 58.1 Å². The molecular formula is C14H13NO5. The van der Waals surface area contributed by atoms with Gasteiger partial charge in [0.05, 0.1) is 24.7 Å². The van der Waals surface area contributed by atoms with Crippen molar-refractivity contribution in [3.63, 3.8) is 0 Å². The highest BCUT2D eigenvalue weighted by Crippen LogP contribution is 2.35. The second kappa shape index (κ2) is 6.03. The van der Waals surface area contributed by atoms with Crippen LogP contribution in [0, 0.1) is 10.1 Å². The van der Waals surface area contributed by atoms with Crippen LogP contribution in [0.5, 0.6) is 17.2 Å². The van der Waals surface area contributed by atoms with Crippen molar-refractivity contribution in [3.8, 4) is 17.2 Å². The lowest BCUT2D eigenvalue weighted by molar-refractivity contribution is -0.384. The van der Waals surface area contributed by atoms with Gasteiger partial charge in [-0.25, -0.2) is 0 Å². The van der Waals surface area contributed by atoms with Gasteiger partial charge in [-0.15, -0.1) is 0 Å². The first kappa shape index (κ1) is 13.8. The maximum atomic E-state index is 10.8. The first-order chi connectivity index (χ1) is 9.65. The number of nitro benzene ring substituents is 1. The van der Waals surface area contributed by atoms with E-state index >= 15 is 0 Å². The van der Waals surface area contributed by atoms with Gasteiger partial charge in [-0.1, -0.05) is 18.2 Å². The van der Waals surface area contributed by atoms with Crippen molar-refractivity contribution in [2.45, 2.75) is 6.61 Å². The number of ether oxygens (including phenoxy) is 2. The number of nitrogens with zero attached hydrogens (tertiary/aromatic N) is 1. The molecule has 20 heavy (non-hydrogen) atoms. The van der Waals surface area contributed by atoms with Crippen molar-refractivity contribution in [2.75, 3.05) is 7.11 Å². The Morgan fingerprint density at radius 1 is 1.15 bits per heavy atom. The fourth-order valence-corrected chi connectivity index (χ4v) is 1.71. The molecule has 0 saturated heterocycles. The van der Waals surface area contributed by atoms with Gasteiger partial charge in [0, 0.05) is 11.6 Å². The van der Waals surface area contributed by atoms with Crippen LogP contribution in [0.15, 0.2) is 42.5 Å². The summed E-state index contributed by atoms with van der Waals surface area (Å²) in [5.74, 6) is 1.03. The highest BCUT2D eigenvalue weighted by atomic mass is 16.6. The molecule has 0 aliphatic rings. The normalized spacial score (nSPS) is 10.1. The van der Waals surface area contributed by atoms with Crippen LogP contribution in [0.2, 0.25) is 0 Å². The van der Waals surface area contributed by atoms with Gasteiger partial charge in [-0.3, -0.25) is 10.1 Å². The fourth-order valence-electron chi connectivity index (χ4n) is 1.71. The first-order valence-electron chi connectivity index (χ1n) is 5.84. The summed E-state index contributed by atoms with van der Waals surface area (Å²) in [4.78, 5) is 10.3. The average molecular weight is 275 g/mol. The number of aliphatic hydroxyl groups excluding tert-OH is 1. The quantitative estimate of drug-likeness (QED) is 0.670. The maximum Gasteiger partial charge on any atom is 0.273 e. The number of benzene rings is 2. The summed E-state index contributed by atoms with van der Waals surface area (Å²) in [6, 6.07) is 11.0. The molecule has 0 radical (unpaired) electrons. The molecule has 0 saturated carbocycles. The summed E-state index contributed by atoms with van der Waals surface area (Å²) in [6.45, 7) is -0.187. The van der Waals surface area contributed by atoms with Crippen LogP contribution in [0.3, 0.4) is 0 Å². The molecule has 0 aliphatic carbocycles. The van der Waals surface area contributed by atoms with Crippen molar-refractivity contribution in [1.29, 1.82) is 0 Å². The van der Waals surface area contributed by atoms with Gasteiger partial charge in [-0.05, 0) is 12.1 Å². The van der Waals surface area contributed by atoms with Crippen LogP contribution < -0.4 is 9.47 Å². The number of hydrogen-bond acceptors (Lipinski definition) is 5. The van der Waals surface area contributed by atoms with Crippen molar-refractivity contribution in [1.82, 2.24) is 0 Å². The van der Waals surface area contributed by atoms with E-state index in [1.165, 1.54) is 25.3 Å². The Balaban J connectivity index is 2.41. The lowest BCUT2D eigenvalue weighted by Crippen LogP contribution is -1.96. The minimum absolute atomic E-state index is 0.0951. The molecule has 0 spiro atoms. The molecule has 0 amide bonds. The van der Waals surface area contributed by atoms with Gasteiger partial charge in [0.1, 0.15) is 5.75 Å². The lowest BCUT2D eigenvalue weighted by atomic mass is 10.2. The van der Waals surface area contributed by atoms with Crippen LogP contribution in [0.25, 0.3) is 0 Å². The van der Waals surface area contributed by atoms with Crippen LogP contribution >= 0.6 is 0 Å². The highest BCUT2D eigenvalue weighted by Gasteiger charge is 2.14. The molecule has 0 atom stereocenters. The molecule has 0 bridgehead atoms. The Morgan fingerprint density at radius 2 is 1.90 bits per heavy atom. The second-order valence-corrected chi connectivity index (χ2v) is 3.96. The van der Waals surface area contributed by atoms with E-state index in [1.807, 2.05) is 0 Å². The third-order valence-corrected chi connectivity index (χ3v) is 2.72. The van der Waals surface area contributed by atoms with Crippen LogP contribution in [0.1, 0.15) is 5.56 Å². The van der Waals surface area contributed by atoms with E-state index in [4.69, 9.17) is 9.47 Å². The first-order valence-corrected chi connectivity index (χ1v) is 5.84. The minimum Gasteiger partial charge on any atom is -0.493 e. The number of rotatable bonds is 5. The second-order valence-electron chi connectivity index (χ2n) is 3.96. The summed E-state index contributed by atoms with van der Waals surface area (Å²) < 4.78 is 10.7. The zero-order chi connectivity index (χ0) is 14.5. The zero-order valence-electron chi connectivity index (χ0n) is 10.8. The molecule has 0 aliphatic heterocycles. The number of nitro groups is 1. The molecule has 0 heterocycles. The molecule has 2 rings (SSSR count). The predicted octanol–water partition coefficient (Wildman–Crippen LogP) is 2.89. The van der Waals surface area contributed by atoms with Gasteiger partial charge in [0.25, 0.3) is 5.69 Å². The lowest BCUT2D eigenvalue weighted by Gasteiger charge is -2.12. The van der Waals surface area contributed by atoms with E-state index in [-0.39, 0.29) is 18.0 Å². The third kappa shape index (κ3) is 2.86. The summed E-state index contributed by atoms with van der Waals surface area (Å²) in [7, 11) is 1.45. The van der Waals surface area contributed by atoms with E-state index in [2.05, 4.69) is 0 Å². The monoisotopic (exact) mass is 275 g/mol. The Labute approximate surface area is 115 Å². The van der Waals surface area contributed by atoms with Gasteiger partial charge < -0.3 is 14.6 Å². The molecule has 0 unspecified atom stereocenters. The molecule has 0 aromatic heterocycles. The molecule has 2 aromatic carbocycles. The summed E-state index contributed by atoms with van der Waals surface area (Å²) in [5, 5.41) is 20.0. The molecule has 1 N–H and O–H groups in total. The van der Waals surface area contributed by atoms with Crippen LogP contribution in [-0.4, -0.2) is 17.1 Å². The van der Waals surface area contributed by atoms with E-state index in [0.717, 1.165) is 0 Å². The third-order valence-electron chi connectivity index (χ3n) is 2.72. The minimum atomic E-state index is -0.510. The van der Waals surface area contributed by atoms with E-state index in [0.29, 0.717) is 17.1 Å². The Bertz CT molecular complexity index is 627. The SMILES string of the molecule is COc1ccc([N+](=O)[O-])cc1Oc1ccccc1CO. The standard InChI is InChI=1S/C14H13NO5/c1-19-13-7-6-11(15(17)18)8-14(13)20-12-5-3-2-4-10(12)9-16/h2-8,16H,9H2,1H3. The Kier molecular flexibility index (Phi) is 4.17. The van der Waals surface area contributed by atoms with Crippen LogP contribution in [0.4, 0.5) is 5.69 Å². The zero-order valence-corrected chi connectivity index (χ0v) is 10.8. The summed E-state index contributed by atoms with van der Waals surface area (Å²) in [5.41, 5.74) is 0.489. The van der Waals surface area contributed by atoms with Crippen molar-refractivity contribution in [2.24, 2.45) is 0 Å². The number of para-hydroxylation sites is 1. The predicted molar refractivity (Wildman–Crippen MR) is 72.1 cm³/mol. The van der Waals surface area contributed by atoms with E-state index in [1.54, 1.807) is 24.3 Å². The van der Waals surface area contributed by atoms with Gasteiger partial charge in [-0.2, -0.15) is 0 Å². The Hall–Kier alpha value is -2.60. The molecule has 0 fully saturated rings. The largest absolute Gasteiger partial charge is 0.493 e. The van der Waals surface area contributed by atoms with Gasteiger partial charge in [0.2, 0.25) is 0 Å². The number of aliphatic hydroxyl groups is 1. The fraction of sp³-hybridized carbons (Fsp3) is 0.143. The topological polar surface area (TPSA) is 81.8 Å². The highest BCUT2D eigenvalue weighted by molar-refractivity contribution is 5.51. The molecule has 2 aromatic rings. The molecule has 6 heteroatoms. The smallest absolute Gasteiger partial charge is 0.273 e. The molecule has 6 nitrogen and oxygen atoms in total. The number of hydrogen-bond donors (Lipinski definition) is 1. The number of non-ortho nitro benzene ring substituents is 1. The van der Waals surface area contributed by atoms with Gasteiger partial charge >= 0.3 is 0 Å². The number of methoxy groups -OCH3 is 1. The summed E-state index contributed by atoms with van der Waals surface area (Å²) >= 11 is 0. The maximum absolute atomic E-state index is 10.8. The molecule has 104 valence electrons. The van der Waals surface area contributed by atoms with E-state index in [9.17, 15) is 15.2 Å². The van der Waals surface area contributed by atoms with E-state index < -0.39 is 4.92 Å².